The monoisotopic (exact) mass is 490 g/mol. The number of amides is 1. The second kappa shape index (κ2) is 11.2. The van der Waals surface area contributed by atoms with Crippen LogP contribution in [-0.2, 0) is 11.3 Å². The van der Waals surface area contributed by atoms with Crippen LogP contribution in [-0.4, -0.2) is 33.5 Å². The van der Waals surface area contributed by atoms with Gasteiger partial charge in [0.05, 0.1) is 18.9 Å². The number of aromatic nitrogens is 3. The summed E-state index contributed by atoms with van der Waals surface area (Å²) in [5.74, 6) is 1.66. The van der Waals surface area contributed by atoms with Gasteiger partial charge in [-0.05, 0) is 48.2 Å². The number of hydrogen-bond donors (Lipinski definition) is 1. The molecule has 174 valence electrons. The highest BCUT2D eigenvalue weighted by Crippen LogP contribution is 2.28. The summed E-state index contributed by atoms with van der Waals surface area (Å²) in [6.45, 7) is 6.45. The fraction of sp³-hybridized carbons (Fsp3) is 0.192. The number of nitrogens with one attached hydrogen (secondary N) is 1. The summed E-state index contributed by atoms with van der Waals surface area (Å²) in [6, 6.07) is 19.8. The van der Waals surface area contributed by atoms with Crippen molar-refractivity contribution < 1.29 is 9.53 Å². The summed E-state index contributed by atoms with van der Waals surface area (Å²) >= 11 is 2.99. The third-order valence-corrected chi connectivity index (χ3v) is 7.16. The molecule has 1 amide bonds. The lowest BCUT2D eigenvalue weighted by Gasteiger charge is -2.18. The number of carbonyl (C=O) groups is 1. The van der Waals surface area contributed by atoms with Crippen LogP contribution in [0.4, 0.5) is 0 Å². The van der Waals surface area contributed by atoms with E-state index in [2.05, 4.69) is 53.3 Å². The summed E-state index contributed by atoms with van der Waals surface area (Å²) in [6.07, 6.45) is 1.80. The topological polar surface area (TPSA) is 69.0 Å². The molecule has 1 unspecified atom stereocenters. The third kappa shape index (κ3) is 5.58. The van der Waals surface area contributed by atoms with Crippen LogP contribution in [0, 0.1) is 6.92 Å². The Balaban J connectivity index is 1.48. The van der Waals surface area contributed by atoms with Crippen LogP contribution in [0.5, 0.6) is 5.75 Å². The van der Waals surface area contributed by atoms with Crippen molar-refractivity contribution in [1.29, 1.82) is 0 Å². The number of ether oxygens (including phenoxy) is 1. The summed E-state index contributed by atoms with van der Waals surface area (Å²) in [7, 11) is 1.64. The van der Waals surface area contributed by atoms with Crippen molar-refractivity contribution in [3.63, 3.8) is 0 Å². The van der Waals surface area contributed by atoms with Crippen molar-refractivity contribution in [2.75, 3.05) is 12.9 Å². The molecular weight excluding hydrogens is 464 g/mol. The predicted octanol–water partition coefficient (Wildman–Crippen LogP) is 5.51. The van der Waals surface area contributed by atoms with E-state index < -0.39 is 0 Å². The molecule has 0 aliphatic carbocycles. The molecule has 0 saturated heterocycles. The van der Waals surface area contributed by atoms with E-state index in [0.29, 0.717) is 11.7 Å². The first kappa shape index (κ1) is 23.8. The predicted molar refractivity (Wildman–Crippen MR) is 138 cm³/mol. The molecule has 0 fully saturated rings. The highest BCUT2D eigenvalue weighted by atomic mass is 32.2. The van der Waals surface area contributed by atoms with Crippen molar-refractivity contribution in [1.82, 2.24) is 20.1 Å². The molecule has 8 heteroatoms. The van der Waals surface area contributed by atoms with E-state index in [0.717, 1.165) is 27.6 Å². The Morgan fingerprint density at radius 2 is 1.94 bits per heavy atom. The zero-order valence-electron chi connectivity index (χ0n) is 19.1. The van der Waals surface area contributed by atoms with Gasteiger partial charge in [0.1, 0.15) is 5.75 Å². The van der Waals surface area contributed by atoms with Gasteiger partial charge in [-0.25, -0.2) is 0 Å². The van der Waals surface area contributed by atoms with Crippen LogP contribution in [0.15, 0.2) is 83.9 Å². The summed E-state index contributed by atoms with van der Waals surface area (Å²) in [5, 5.41) is 14.6. The van der Waals surface area contributed by atoms with Gasteiger partial charge in [-0.2, -0.15) is 0 Å². The zero-order chi connectivity index (χ0) is 23.9. The lowest BCUT2D eigenvalue weighted by atomic mass is 10.0. The highest BCUT2D eigenvalue weighted by Gasteiger charge is 2.20. The lowest BCUT2D eigenvalue weighted by molar-refractivity contribution is -0.119. The number of rotatable bonds is 10. The molecule has 1 N–H and O–H groups in total. The van der Waals surface area contributed by atoms with E-state index in [-0.39, 0.29) is 17.7 Å². The first-order valence-corrected chi connectivity index (χ1v) is 12.7. The van der Waals surface area contributed by atoms with Gasteiger partial charge in [-0.1, -0.05) is 53.7 Å². The first-order chi connectivity index (χ1) is 16.6. The van der Waals surface area contributed by atoms with E-state index in [1.807, 2.05) is 46.3 Å². The normalized spacial score (nSPS) is 11.7. The van der Waals surface area contributed by atoms with Gasteiger partial charge in [0.15, 0.2) is 11.0 Å². The second-order valence-electron chi connectivity index (χ2n) is 7.65. The molecule has 2 heterocycles. The minimum absolute atomic E-state index is 0.0666. The SMILES string of the molecule is C=CCn1c(SCC(=O)NC(c2ccc(C)cc2)c2cccs2)nnc1-c1ccc(OC)cc1. The van der Waals surface area contributed by atoms with Crippen molar-refractivity contribution in [3.05, 3.63) is 94.7 Å². The van der Waals surface area contributed by atoms with E-state index in [1.165, 1.54) is 17.3 Å². The quantitative estimate of drug-likeness (QED) is 0.235. The molecule has 4 rings (SSSR count). The van der Waals surface area contributed by atoms with Gasteiger partial charge in [-0.3, -0.25) is 9.36 Å². The van der Waals surface area contributed by atoms with Gasteiger partial charge in [0.2, 0.25) is 5.91 Å². The molecule has 1 atom stereocenters. The average molecular weight is 491 g/mol. The van der Waals surface area contributed by atoms with E-state index in [9.17, 15) is 4.79 Å². The van der Waals surface area contributed by atoms with Crippen LogP contribution < -0.4 is 10.1 Å². The fourth-order valence-electron chi connectivity index (χ4n) is 3.51. The van der Waals surface area contributed by atoms with Crippen molar-refractivity contribution >= 4 is 29.0 Å². The largest absolute Gasteiger partial charge is 0.497 e. The third-order valence-electron chi connectivity index (χ3n) is 5.25. The number of allylic oxidation sites excluding steroid dienone is 1. The molecule has 0 aliphatic rings. The van der Waals surface area contributed by atoms with Crippen LogP contribution in [0.25, 0.3) is 11.4 Å². The fourth-order valence-corrected chi connectivity index (χ4v) is 5.07. The van der Waals surface area contributed by atoms with E-state index in [4.69, 9.17) is 4.74 Å². The molecule has 34 heavy (non-hydrogen) atoms. The van der Waals surface area contributed by atoms with Crippen LogP contribution in [0.3, 0.4) is 0 Å². The molecule has 4 aromatic rings. The Hall–Kier alpha value is -3.36. The second-order valence-corrected chi connectivity index (χ2v) is 9.57. The van der Waals surface area contributed by atoms with Gasteiger partial charge >= 0.3 is 0 Å². The molecule has 0 saturated carbocycles. The molecule has 0 bridgehead atoms. The Morgan fingerprint density at radius 3 is 2.59 bits per heavy atom. The first-order valence-electron chi connectivity index (χ1n) is 10.8. The Bertz CT molecular complexity index is 1230. The maximum absolute atomic E-state index is 13.0. The minimum atomic E-state index is -0.186. The van der Waals surface area contributed by atoms with Crippen LogP contribution in [0.2, 0.25) is 0 Å². The Kier molecular flexibility index (Phi) is 7.82. The number of carbonyl (C=O) groups excluding carboxylic acids is 1. The highest BCUT2D eigenvalue weighted by molar-refractivity contribution is 7.99. The molecule has 0 aliphatic heterocycles. The zero-order valence-corrected chi connectivity index (χ0v) is 20.7. The van der Waals surface area contributed by atoms with E-state index in [1.54, 1.807) is 24.5 Å². The maximum atomic E-state index is 13.0. The minimum Gasteiger partial charge on any atom is -0.497 e. The number of thioether (sulfide) groups is 1. The number of methoxy groups -OCH3 is 1. The van der Waals surface area contributed by atoms with Gasteiger partial charge < -0.3 is 10.1 Å². The summed E-state index contributed by atoms with van der Waals surface area (Å²) < 4.78 is 7.20. The number of nitrogens with zero attached hydrogens (tertiary/aromatic N) is 3. The van der Waals surface area contributed by atoms with Crippen LogP contribution in [0.1, 0.15) is 22.0 Å². The molecule has 0 spiro atoms. The summed E-state index contributed by atoms with van der Waals surface area (Å²) in [4.78, 5) is 14.1. The molecule has 0 radical (unpaired) electrons. The Morgan fingerprint density at radius 1 is 1.18 bits per heavy atom. The number of benzene rings is 2. The number of thiophene rings is 1. The van der Waals surface area contributed by atoms with Gasteiger partial charge in [-0.15, -0.1) is 28.1 Å². The molecule has 2 aromatic carbocycles. The summed E-state index contributed by atoms with van der Waals surface area (Å²) in [5.41, 5.74) is 3.16. The average Bonchev–Trinajstić information content (AvgIpc) is 3.53. The van der Waals surface area contributed by atoms with Gasteiger partial charge in [0.25, 0.3) is 0 Å². The standard InChI is InChI=1S/C26H26N4O2S2/c1-4-15-30-25(20-11-13-21(32-3)14-12-20)28-29-26(30)34-17-23(31)27-24(22-6-5-16-33-22)19-9-7-18(2)8-10-19/h4-14,16,24H,1,15,17H2,2-3H3,(H,27,31). The molecular formula is C26H26N4O2S2. The van der Waals surface area contributed by atoms with Crippen molar-refractivity contribution in [2.45, 2.75) is 24.7 Å². The van der Waals surface area contributed by atoms with Gasteiger partial charge in [0, 0.05) is 17.0 Å². The van der Waals surface area contributed by atoms with Crippen LogP contribution >= 0.6 is 23.1 Å². The number of hydrogen-bond acceptors (Lipinski definition) is 6. The molecule has 6 nitrogen and oxygen atoms in total. The maximum Gasteiger partial charge on any atom is 0.231 e. The smallest absolute Gasteiger partial charge is 0.231 e. The van der Waals surface area contributed by atoms with Crippen molar-refractivity contribution in [2.24, 2.45) is 0 Å². The van der Waals surface area contributed by atoms with E-state index >= 15 is 0 Å². The Labute approximate surface area is 207 Å². The number of aryl methyl sites for hydroxylation is 1. The lowest BCUT2D eigenvalue weighted by Crippen LogP contribution is -2.30. The van der Waals surface area contributed by atoms with Crippen molar-refractivity contribution in [3.8, 4) is 17.1 Å². The molecule has 2 aromatic heterocycles.